The van der Waals surface area contributed by atoms with Gasteiger partial charge in [0.1, 0.15) is 0 Å². The number of methoxy groups -OCH3 is 2. The standard InChI is InChI=1S/C16H23N3O2.ClH/c1-4-19-12-14(11-18-19)10-17-8-7-13-5-6-15(20-2)16(9-13)21-3;/h5-6,9,11-12,17H,4,7-8,10H2,1-3H3;1H. The highest BCUT2D eigenvalue weighted by Gasteiger charge is 2.04. The number of benzene rings is 1. The van der Waals surface area contributed by atoms with Crippen LogP contribution in [0.3, 0.4) is 0 Å². The third-order valence-corrected chi connectivity index (χ3v) is 3.38. The highest BCUT2D eigenvalue weighted by atomic mass is 35.5. The van der Waals surface area contributed by atoms with Crippen LogP contribution in [0.1, 0.15) is 18.1 Å². The van der Waals surface area contributed by atoms with E-state index >= 15 is 0 Å². The quantitative estimate of drug-likeness (QED) is 0.758. The minimum Gasteiger partial charge on any atom is -0.493 e. The second kappa shape index (κ2) is 9.33. The zero-order valence-corrected chi connectivity index (χ0v) is 14.2. The SMILES string of the molecule is CCn1cc(CNCCc2ccc(OC)c(OC)c2)cn1.Cl. The van der Waals surface area contributed by atoms with Gasteiger partial charge in [0.15, 0.2) is 11.5 Å². The van der Waals surface area contributed by atoms with E-state index < -0.39 is 0 Å². The number of hydrogen-bond donors (Lipinski definition) is 1. The molecule has 1 aromatic carbocycles. The second-order valence-electron chi connectivity index (χ2n) is 4.82. The van der Waals surface area contributed by atoms with Crippen molar-refractivity contribution in [3.63, 3.8) is 0 Å². The lowest BCUT2D eigenvalue weighted by molar-refractivity contribution is 0.354. The van der Waals surface area contributed by atoms with Crippen molar-refractivity contribution in [3.8, 4) is 11.5 Å². The van der Waals surface area contributed by atoms with E-state index in [0.717, 1.165) is 37.6 Å². The van der Waals surface area contributed by atoms with Crippen LogP contribution in [0.15, 0.2) is 30.6 Å². The lowest BCUT2D eigenvalue weighted by Crippen LogP contribution is -2.16. The van der Waals surface area contributed by atoms with Gasteiger partial charge in [-0.25, -0.2) is 0 Å². The molecule has 0 saturated heterocycles. The molecule has 2 aromatic rings. The van der Waals surface area contributed by atoms with Gasteiger partial charge in [-0.2, -0.15) is 5.10 Å². The molecule has 22 heavy (non-hydrogen) atoms. The Hall–Kier alpha value is -1.72. The summed E-state index contributed by atoms with van der Waals surface area (Å²) >= 11 is 0. The lowest BCUT2D eigenvalue weighted by atomic mass is 10.1. The fraction of sp³-hybridized carbons (Fsp3) is 0.438. The van der Waals surface area contributed by atoms with E-state index in [9.17, 15) is 0 Å². The normalized spacial score (nSPS) is 10.1. The lowest BCUT2D eigenvalue weighted by Gasteiger charge is -2.09. The molecule has 2 rings (SSSR count). The Balaban J connectivity index is 0.00000242. The van der Waals surface area contributed by atoms with Gasteiger partial charge in [0.05, 0.1) is 20.4 Å². The summed E-state index contributed by atoms with van der Waals surface area (Å²) < 4.78 is 12.5. The predicted octanol–water partition coefficient (Wildman–Crippen LogP) is 2.67. The topological polar surface area (TPSA) is 48.3 Å². The molecule has 0 spiro atoms. The van der Waals surface area contributed by atoms with Crippen LogP contribution >= 0.6 is 12.4 Å². The Morgan fingerprint density at radius 1 is 1.14 bits per heavy atom. The van der Waals surface area contributed by atoms with Crippen LogP contribution in [0, 0.1) is 0 Å². The number of halogens is 1. The summed E-state index contributed by atoms with van der Waals surface area (Å²) in [6.07, 6.45) is 4.93. The Bertz CT molecular complexity index is 572. The molecule has 5 nitrogen and oxygen atoms in total. The van der Waals surface area contributed by atoms with Gasteiger partial charge in [0.25, 0.3) is 0 Å². The van der Waals surface area contributed by atoms with Crippen LogP contribution in [-0.4, -0.2) is 30.5 Å². The number of hydrogen-bond acceptors (Lipinski definition) is 4. The van der Waals surface area contributed by atoms with Crippen molar-refractivity contribution in [3.05, 3.63) is 41.7 Å². The fourth-order valence-corrected chi connectivity index (χ4v) is 2.17. The molecule has 0 atom stereocenters. The Kier molecular flexibility index (Phi) is 7.77. The predicted molar refractivity (Wildman–Crippen MR) is 90.1 cm³/mol. The summed E-state index contributed by atoms with van der Waals surface area (Å²) in [5, 5.41) is 7.69. The van der Waals surface area contributed by atoms with Gasteiger partial charge in [-0.15, -0.1) is 12.4 Å². The van der Waals surface area contributed by atoms with Crippen LogP contribution in [0.2, 0.25) is 0 Å². The van der Waals surface area contributed by atoms with Crippen LogP contribution in [-0.2, 0) is 19.5 Å². The van der Waals surface area contributed by atoms with Gasteiger partial charge in [-0.1, -0.05) is 6.07 Å². The first-order valence-electron chi connectivity index (χ1n) is 7.19. The number of nitrogens with zero attached hydrogens (tertiary/aromatic N) is 2. The number of nitrogens with one attached hydrogen (secondary N) is 1. The molecule has 0 aliphatic carbocycles. The zero-order chi connectivity index (χ0) is 15.1. The minimum atomic E-state index is 0. The summed E-state index contributed by atoms with van der Waals surface area (Å²) in [6, 6.07) is 6.03. The van der Waals surface area contributed by atoms with Gasteiger partial charge in [0.2, 0.25) is 0 Å². The van der Waals surface area contributed by atoms with E-state index in [2.05, 4.69) is 29.6 Å². The molecule has 122 valence electrons. The van der Waals surface area contributed by atoms with Crippen molar-refractivity contribution < 1.29 is 9.47 Å². The zero-order valence-electron chi connectivity index (χ0n) is 13.3. The second-order valence-corrected chi connectivity index (χ2v) is 4.82. The maximum absolute atomic E-state index is 5.31. The highest BCUT2D eigenvalue weighted by molar-refractivity contribution is 5.85. The third kappa shape index (κ3) is 4.93. The molecule has 1 aromatic heterocycles. The number of ether oxygens (including phenoxy) is 2. The van der Waals surface area contributed by atoms with E-state index in [-0.39, 0.29) is 12.4 Å². The first kappa shape index (κ1) is 18.3. The molecule has 0 aliphatic rings. The fourth-order valence-electron chi connectivity index (χ4n) is 2.17. The summed E-state index contributed by atoms with van der Waals surface area (Å²) in [4.78, 5) is 0. The summed E-state index contributed by atoms with van der Waals surface area (Å²) in [5.41, 5.74) is 2.44. The van der Waals surface area contributed by atoms with Crippen molar-refractivity contribution in [1.29, 1.82) is 0 Å². The molecule has 0 unspecified atom stereocenters. The summed E-state index contributed by atoms with van der Waals surface area (Å²) in [7, 11) is 3.31. The monoisotopic (exact) mass is 325 g/mol. The first-order chi connectivity index (χ1) is 10.3. The molecular weight excluding hydrogens is 302 g/mol. The molecule has 0 amide bonds. The molecule has 0 bridgehead atoms. The smallest absolute Gasteiger partial charge is 0.160 e. The van der Waals surface area contributed by atoms with Crippen LogP contribution < -0.4 is 14.8 Å². The van der Waals surface area contributed by atoms with Crippen molar-refractivity contribution >= 4 is 12.4 Å². The average molecular weight is 326 g/mol. The average Bonchev–Trinajstić information content (AvgIpc) is 2.99. The summed E-state index contributed by atoms with van der Waals surface area (Å²) in [5.74, 6) is 1.54. The molecule has 0 aliphatic heterocycles. The molecule has 0 radical (unpaired) electrons. The third-order valence-electron chi connectivity index (χ3n) is 3.38. The maximum Gasteiger partial charge on any atom is 0.160 e. The van der Waals surface area contributed by atoms with E-state index in [1.165, 1.54) is 11.1 Å². The molecular formula is C16H24ClN3O2. The van der Waals surface area contributed by atoms with E-state index in [1.54, 1.807) is 14.2 Å². The largest absolute Gasteiger partial charge is 0.493 e. The van der Waals surface area contributed by atoms with Gasteiger partial charge in [-0.3, -0.25) is 4.68 Å². The van der Waals surface area contributed by atoms with E-state index in [1.807, 2.05) is 23.0 Å². The highest BCUT2D eigenvalue weighted by Crippen LogP contribution is 2.27. The van der Waals surface area contributed by atoms with E-state index in [4.69, 9.17) is 9.47 Å². The summed E-state index contributed by atoms with van der Waals surface area (Å²) in [6.45, 7) is 4.74. The Labute approximate surface area is 138 Å². The Morgan fingerprint density at radius 2 is 1.91 bits per heavy atom. The van der Waals surface area contributed by atoms with Crippen molar-refractivity contribution in [2.75, 3.05) is 20.8 Å². The minimum absolute atomic E-state index is 0. The van der Waals surface area contributed by atoms with Crippen LogP contribution in [0.4, 0.5) is 0 Å². The van der Waals surface area contributed by atoms with Gasteiger partial charge in [0, 0.05) is 24.8 Å². The number of aromatic nitrogens is 2. The van der Waals surface area contributed by atoms with Crippen molar-refractivity contribution in [2.24, 2.45) is 0 Å². The van der Waals surface area contributed by atoms with Crippen LogP contribution in [0.5, 0.6) is 11.5 Å². The first-order valence-corrected chi connectivity index (χ1v) is 7.19. The molecule has 6 heteroatoms. The molecule has 0 fully saturated rings. The maximum atomic E-state index is 5.31. The van der Waals surface area contributed by atoms with E-state index in [0.29, 0.717) is 0 Å². The number of rotatable bonds is 8. The van der Waals surface area contributed by atoms with Gasteiger partial charge in [-0.05, 0) is 37.6 Å². The molecule has 0 saturated carbocycles. The Morgan fingerprint density at radius 3 is 2.55 bits per heavy atom. The van der Waals surface area contributed by atoms with Crippen LogP contribution in [0.25, 0.3) is 0 Å². The van der Waals surface area contributed by atoms with Gasteiger partial charge < -0.3 is 14.8 Å². The molecule has 1 N–H and O–H groups in total. The van der Waals surface area contributed by atoms with Crippen molar-refractivity contribution in [2.45, 2.75) is 26.4 Å². The van der Waals surface area contributed by atoms with Gasteiger partial charge >= 0.3 is 0 Å². The van der Waals surface area contributed by atoms with Crippen molar-refractivity contribution in [1.82, 2.24) is 15.1 Å². The molecule has 1 heterocycles. The number of aryl methyl sites for hydroxylation is 1.